The highest BCUT2D eigenvalue weighted by atomic mass is 127. The zero-order valence-electron chi connectivity index (χ0n) is 13.3. The average molecular weight is 445 g/mol. The van der Waals surface area contributed by atoms with E-state index in [2.05, 4.69) is 15.0 Å². The number of amides is 1. The molecule has 0 radical (unpaired) electrons. The average Bonchev–Trinajstić information content (AvgIpc) is 3.09. The number of carbonyl (C=O) groups is 1. The molecule has 1 unspecified atom stereocenters. The largest absolute Gasteiger partial charge is 0.367 e. The van der Waals surface area contributed by atoms with Gasteiger partial charge in [-0.25, -0.2) is 15.0 Å². The lowest BCUT2D eigenvalue weighted by Gasteiger charge is -2.23. The van der Waals surface area contributed by atoms with Gasteiger partial charge in [0, 0.05) is 22.6 Å². The zero-order valence-corrected chi connectivity index (χ0v) is 15.4. The van der Waals surface area contributed by atoms with Crippen LogP contribution in [0, 0.1) is 10.8 Å². The molecule has 24 heavy (non-hydrogen) atoms. The fourth-order valence-electron chi connectivity index (χ4n) is 3.24. The van der Waals surface area contributed by atoms with Gasteiger partial charge >= 0.3 is 0 Å². The molecular formula is C14H16IN5O4. The van der Waals surface area contributed by atoms with E-state index in [1.165, 1.54) is 0 Å². The number of imidazole rings is 1. The quantitative estimate of drug-likeness (QED) is 0.533. The maximum absolute atomic E-state index is 11.8. The Morgan fingerprint density at radius 1 is 1.33 bits per heavy atom. The summed E-state index contributed by atoms with van der Waals surface area (Å²) in [5, 5.41) is 0. The Kier molecular flexibility index (Phi) is 3.57. The van der Waals surface area contributed by atoms with Gasteiger partial charge in [-0.1, -0.05) is 0 Å². The van der Waals surface area contributed by atoms with Gasteiger partial charge in [0.25, 0.3) is 0 Å². The molecule has 2 aliphatic heterocycles. The Bertz CT molecular complexity index is 838. The summed E-state index contributed by atoms with van der Waals surface area (Å²) in [6.07, 6.45) is -0.933. The molecule has 2 fully saturated rings. The molecule has 2 N–H and O–H groups in total. The molecule has 4 atom stereocenters. The van der Waals surface area contributed by atoms with E-state index in [9.17, 15) is 4.79 Å². The smallest absolute Gasteiger partial charge is 0.249 e. The lowest BCUT2D eigenvalue weighted by atomic mass is 10.1. The van der Waals surface area contributed by atoms with Gasteiger partial charge in [0.15, 0.2) is 27.6 Å². The first-order valence-electron chi connectivity index (χ1n) is 7.44. The summed E-state index contributed by atoms with van der Waals surface area (Å²) < 4.78 is 20.0. The number of ether oxygens (including phenoxy) is 3. The molecule has 128 valence electrons. The number of nitrogens with two attached hydrogens (primary N) is 1. The van der Waals surface area contributed by atoms with Crippen molar-refractivity contribution in [1.82, 2.24) is 19.5 Å². The zero-order chi connectivity index (χ0) is 17.2. The lowest BCUT2D eigenvalue weighted by molar-refractivity contribution is -0.196. The first kappa shape index (κ1) is 16.1. The van der Waals surface area contributed by atoms with Gasteiger partial charge in [-0.2, -0.15) is 0 Å². The van der Waals surface area contributed by atoms with Crippen LogP contribution in [0.1, 0.15) is 25.8 Å². The summed E-state index contributed by atoms with van der Waals surface area (Å²) in [4.78, 5) is 24.9. The van der Waals surface area contributed by atoms with E-state index in [1.54, 1.807) is 24.7 Å². The predicted molar refractivity (Wildman–Crippen MR) is 89.7 cm³/mol. The Hall–Kier alpha value is -1.37. The van der Waals surface area contributed by atoms with Gasteiger partial charge in [0.1, 0.15) is 17.7 Å². The summed E-state index contributed by atoms with van der Waals surface area (Å²) >= 11 is 2.05. The summed E-state index contributed by atoms with van der Waals surface area (Å²) in [7, 11) is 0. The number of halogens is 1. The lowest BCUT2D eigenvalue weighted by Crippen LogP contribution is -2.39. The number of fused-ring (bicyclic) bond motifs is 2. The number of hydrogen-bond donors (Lipinski definition) is 1. The van der Waals surface area contributed by atoms with E-state index >= 15 is 0 Å². The van der Waals surface area contributed by atoms with E-state index < -0.39 is 36.2 Å². The van der Waals surface area contributed by atoms with Crippen molar-refractivity contribution >= 4 is 39.7 Å². The molecule has 0 saturated carbocycles. The van der Waals surface area contributed by atoms with Crippen LogP contribution < -0.4 is 5.73 Å². The molecule has 4 heterocycles. The summed E-state index contributed by atoms with van der Waals surface area (Å²) in [6.45, 7) is 5.45. The second kappa shape index (κ2) is 5.31. The van der Waals surface area contributed by atoms with Gasteiger partial charge in [-0.05, 0) is 20.8 Å². The first-order valence-corrected chi connectivity index (χ1v) is 8.52. The van der Waals surface area contributed by atoms with Crippen molar-refractivity contribution in [1.29, 1.82) is 0 Å². The van der Waals surface area contributed by atoms with E-state index in [0.717, 1.165) is 5.69 Å². The molecule has 10 heteroatoms. The Morgan fingerprint density at radius 3 is 2.75 bits per heavy atom. The normalized spacial score (nSPS) is 31.5. The fraction of sp³-hybridized carbons (Fsp3) is 0.571. The van der Waals surface area contributed by atoms with Crippen molar-refractivity contribution in [2.24, 2.45) is 5.73 Å². The van der Waals surface area contributed by atoms with E-state index in [0.29, 0.717) is 15.0 Å². The van der Waals surface area contributed by atoms with E-state index in [-0.39, 0.29) is 0 Å². The fourth-order valence-corrected chi connectivity index (χ4v) is 3.83. The minimum atomic E-state index is -0.888. The van der Waals surface area contributed by atoms with Gasteiger partial charge in [-0.3, -0.25) is 9.36 Å². The number of hydrogen-bond acceptors (Lipinski definition) is 7. The molecule has 2 saturated heterocycles. The molecule has 2 aliphatic rings. The van der Waals surface area contributed by atoms with Gasteiger partial charge < -0.3 is 19.9 Å². The highest BCUT2D eigenvalue weighted by Gasteiger charge is 2.57. The second-order valence-electron chi connectivity index (χ2n) is 6.32. The standard InChI is InChI=1S/C14H16IN5O4/c1-5-6-11(19-13(15)18-5)20(4-17-6)12-9-7(8(22-12)10(16)21)23-14(2,3)24-9/h4,7-9,12H,1-3H3,(H2,16,21)/t7-,8-,9?,12+/m0/s1. The van der Waals surface area contributed by atoms with Crippen LogP contribution in [-0.4, -0.2) is 49.5 Å². The highest BCUT2D eigenvalue weighted by Crippen LogP contribution is 2.43. The van der Waals surface area contributed by atoms with Crippen molar-refractivity contribution in [3.8, 4) is 0 Å². The summed E-state index contributed by atoms with van der Waals surface area (Å²) in [5.74, 6) is -1.40. The van der Waals surface area contributed by atoms with Crippen LogP contribution in [-0.2, 0) is 19.0 Å². The van der Waals surface area contributed by atoms with Crippen LogP contribution in [0.3, 0.4) is 0 Å². The van der Waals surface area contributed by atoms with Crippen LogP contribution in [0.2, 0.25) is 0 Å². The maximum Gasteiger partial charge on any atom is 0.249 e. The second-order valence-corrected chi connectivity index (χ2v) is 7.28. The van der Waals surface area contributed by atoms with Gasteiger partial charge in [0.05, 0.1) is 12.0 Å². The van der Waals surface area contributed by atoms with Gasteiger partial charge in [-0.15, -0.1) is 0 Å². The third-order valence-electron chi connectivity index (χ3n) is 4.15. The van der Waals surface area contributed by atoms with Crippen LogP contribution in [0.25, 0.3) is 11.2 Å². The van der Waals surface area contributed by atoms with Crippen molar-refractivity contribution in [2.75, 3.05) is 0 Å². The topological polar surface area (TPSA) is 114 Å². The van der Waals surface area contributed by atoms with Crippen LogP contribution in [0.15, 0.2) is 6.33 Å². The molecule has 1 amide bonds. The third kappa shape index (κ3) is 2.39. The van der Waals surface area contributed by atoms with Crippen LogP contribution in [0.4, 0.5) is 0 Å². The van der Waals surface area contributed by atoms with Crippen molar-refractivity contribution in [3.05, 3.63) is 15.9 Å². The number of aryl methyl sites for hydroxylation is 1. The molecule has 0 bridgehead atoms. The summed E-state index contributed by atoms with van der Waals surface area (Å²) in [5.41, 5.74) is 7.54. The first-order chi connectivity index (χ1) is 11.3. The molecule has 0 aromatic carbocycles. The monoisotopic (exact) mass is 445 g/mol. The Morgan fingerprint density at radius 2 is 2.04 bits per heavy atom. The SMILES string of the molecule is Cc1nc(I)nc2c1ncn2[C@@H]1O[C@H](C(N)=O)[C@@H]2OC(C)(C)OC21. The third-order valence-corrected chi connectivity index (χ3v) is 4.63. The number of primary amides is 1. The molecule has 0 spiro atoms. The molecule has 4 rings (SSSR count). The summed E-state index contributed by atoms with van der Waals surface area (Å²) in [6, 6.07) is 0. The minimum absolute atomic E-state index is 0.483. The number of aromatic nitrogens is 4. The molecule has 2 aromatic heterocycles. The van der Waals surface area contributed by atoms with Crippen molar-refractivity contribution < 1.29 is 19.0 Å². The van der Waals surface area contributed by atoms with E-state index in [4.69, 9.17) is 19.9 Å². The number of rotatable bonds is 2. The number of carbonyl (C=O) groups excluding carboxylic acids is 1. The van der Waals surface area contributed by atoms with Crippen LogP contribution in [0.5, 0.6) is 0 Å². The maximum atomic E-state index is 11.8. The van der Waals surface area contributed by atoms with Crippen LogP contribution >= 0.6 is 22.6 Å². The van der Waals surface area contributed by atoms with Crippen molar-refractivity contribution in [3.63, 3.8) is 0 Å². The van der Waals surface area contributed by atoms with Crippen molar-refractivity contribution in [2.45, 2.75) is 51.1 Å². The Labute approximate surface area is 151 Å². The molecule has 0 aliphatic carbocycles. The Balaban J connectivity index is 1.80. The molecule has 9 nitrogen and oxygen atoms in total. The van der Waals surface area contributed by atoms with Gasteiger partial charge in [0.2, 0.25) is 5.91 Å². The minimum Gasteiger partial charge on any atom is -0.367 e. The number of nitrogens with zero attached hydrogens (tertiary/aromatic N) is 4. The van der Waals surface area contributed by atoms with E-state index in [1.807, 2.05) is 29.5 Å². The molecular weight excluding hydrogens is 429 g/mol. The highest BCUT2D eigenvalue weighted by molar-refractivity contribution is 14.1. The molecule has 2 aromatic rings. The predicted octanol–water partition coefficient (Wildman–Crippen LogP) is 0.642.